The Labute approximate surface area is 113 Å². The lowest BCUT2D eigenvalue weighted by Gasteiger charge is -2.41. The Morgan fingerprint density at radius 3 is 2.44 bits per heavy atom. The van der Waals surface area contributed by atoms with Crippen molar-refractivity contribution in [2.45, 2.75) is 58.0 Å². The van der Waals surface area contributed by atoms with Crippen LogP contribution in [-0.4, -0.2) is 49.2 Å². The molecule has 18 heavy (non-hydrogen) atoms. The molecular formula is C15H31N3. The van der Waals surface area contributed by atoms with Crippen LogP contribution < -0.4 is 10.6 Å². The van der Waals surface area contributed by atoms with Crippen LogP contribution in [0.3, 0.4) is 0 Å². The first-order valence-electron chi connectivity index (χ1n) is 7.75. The van der Waals surface area contributed by atoms with Gasteiger partial charge in [0.25, 0.3) is 0 Å². The molecule has 1 unspecified atom stereocenters. The van der Waals surface area contributed by atoms with Gasteiger partial charge in [0, 0.05) is 24.7 Å². The first-order valence-corrected chi connectivity index (χ1v) is 7.75. The Bertz CT molecular complexity index is 233. The molecule has 0 amide bonds. The van der Waals surface area contributed by atoms with Gasteiger partial charge < -0.3 is 10.6 Å². The van der Waals surface area contributed by atoms with E-state index in [0.29, 0.717) is 5.54 Å². The van der Waals surface area contributed by atoms with Crippen molar-refractivity contribution in [2.24, 2.45) is 5.92 Å². The van der Waals surface area contributed by atoms with E-state index in [9.17, 15) is 0 Å². The van der Waals surface area contributed by atoms with Gasteiger partial charge in [0.05, 0.1) is 0 Å². The van der Waals surface area contributed by atoms with Crippen LogP contribution in [0.5, 0.6) is 0 Å². The van der Waals surface area contributed by atoms with Crippen molar-refractivity contribution in [2.75, 3.05) is 32.7 Å². The third-order valence-electron chi connectivity index (χ3n) is 4.54. The van der Waals surface area contributed by atoms with Crippen molar-refractivity contribution in [3.8, 4) is 0 Å². The molecule has 2 aliphatic rings. The molecule has 3 nitrogen and oxygen atoms in total. The van der Waals surface area contributed by atoms with Crippen LogP contribution in [0, 0.1) is 5.92 Å². The first kappa shape index (κ1) is 14.3. The maximum atomic E-state index is 3.80. The third-order valence-corrected chi connectivity index (χ3v) is 4.54. The minimum Gasteiger partial charge on any atom is -0.316 e. The van der Waals surface area contributed by atoms with E-state index in [1.54, 1.807) is 0 Å². The summed E-state index contributed by atoms with van der Waals surface area (Å²) >= 11 is 0. The minimum absolute atomic E-state index is 0.345. The molecule has 0 aromatic rings. The predicted octanol–water partition coefficient (Wildman–Crippen LogP) is 1.84. The van der Waals surface area contributed by atoms with Gasteiger partial charge >= 0.3 is 0 Å². The molecule has 2 rings (SSSR count). The van der Waals surface area contributed by atoms with Crippen LogP contribution >= 0.6 is 0 Å². The van der Waals surface area contributed by atoms with E-state index in [1.807, 2.05) is 0 Å². The summed E-state index contributed by atoms with van der Waals surface area (Å²) in [6.45, 7) is 13.1. The molecule has 2 aliphatic heterocycles. The van der Waals surface area contributed by atoms with E-state index in [1.165, 1.54) is 58.4 Å². The Morgan fingerprint density at radius 1 is 1.17 bits per heavy atom. The molecule has 2 heterocycles. The Morgan fingerprint density at radius 2 is 1.89 bits per heavy atom. The van der Waals surface area contributed by atoms with Gasteiger partial charge in [-0.2, -0.15) is 0 Å². The molecule has 1 atom stereocenters. The van der Waals surface area contributed by atoms with Gasteiger partial charge in [0.1, 0.15) is 0 Å². The van der Waals surface area contributed by atoms with Gasteiger partial charge in [-0.1, -0.05) is 0 Å². The van der Waals surface area contributed by atoms with Gasteiger partial charge in [0.2, 0.25) is 0 Å². The average Bonchev–Trinajstić information content (AvgIpc) is 2.37. The number of piperidine rings is 2. The predicted molar refractivity (Wildman–Crippen MR) is 77.9 cm³/mol. The molecular weight excluding hydrogens is 222 g/mol. The molecule has 106 valence electrons. The lowest BCUT2D eigenvalue weighted by atomic mass is 9.96. The van der Waals surface area contributed by atoms with E-state index in [-0.39, 0.29) is 0 Å². The number of hydrogen-bond donors (Lipinski definition) is 2. The Kier molecular flexibility index (Phi) is 5.05. The Balaban J connectivity index is 1.64. The molecule has 2 fully saturated rings. The largest absolute Gasteiger partial charge is 0.316 e. The monoisotopic (exact) mass is 253 g/mol. The smallest absolute Gasteiger partial charge is 0.0125 e. The van der Waals surface area contributed by atoms with Gasteiger partial charge in [-0.3, -0.25) is 4.90 Å². The molecule has 0 aromatic carbocycles. The fraction of sp³-hybridized carbons (Fsp3) is 1.00. The molecule has 0 radical (unpaired) electrons. The summed E-state index contributed by atoms with van der Waals surface area (Å²) in [7, 11) is 0. The highest BCUT2D eigenvalue weighted by atomic mass is 15.2. The lowest BCUT2D eigenvalue weighted by Crippen LogP contribution is -2.51. The highest BCUT2D eigenvalue weighted by molar-refractivity contribution is 4.85. The number of hydrogen-bond acceptors (Lipinski definition) is 3. The highest BCUT2D eigenvalue weighted by Gasteiger charge is 2.27. The summed E-state index contributed by atoms with van der Waals surface area (Å²) in [6.07, 6.45) is 5.39. The quantitative estimate of drug-likeness (QED) is 0.804. The normalized spacial score (nSPS) is 28.5. The summed E-state index contributed by atoms with van der Waals surface area (Å²) in [5, 5.41) is 7.30. The van der Waals surface area contributed by atoms with E-state index in [2.05, 4.69) is 36.3 Å². The minimum atomic E-state index is 0.345. The zero-order valence-electron chi connectivity index (χ0n) is 12.5. The van der Waals surface area contributed by atoms with E-state index in [0.717, 1.165) is 12.0 Å². The second-order valence-electron chi connectivity index (χ2n) is 7.05. The van der Waals surface area contributed by atoms with Crippen molar-refractivity contribution in [3.05, 3.63) is 0 Å². The van der Waals surface area contributed by atoms with Crippen molar-refractivity contribution in [1.82, 2.24) is 15.5 Å². The molecule has 2 saturated heterocycles. The number of rotatable bonds is 3. The fourth-order valence-electron chi connectivity index (χ4n) is 3.19. The SMILES string of the molecule is CC(C)(C)N1CCC(NCC2CCCNC2)CC1. The van der Waals surface area contributed by atoms with Crippen molar-refractivity contribution in [1.29, 1.82) is 0 Å². The standard InChI is InChI=1S/C15H31N3/c1-15(2,3)18-9-6-14(7-10-18)17-12-13-5-4-8-16-11-13/h13-14,16-17H,4-12H2,1-3H3. The van der Waals surface area contributed by atoms with Crippen LogP contribution in [0.25, 0.3) is 0 Å². The van der Waals surface area contributed by atoms with Crippen LogP contribution in [-0.2, 0) is 0 Å². The summed E-state index contributed by atoms with van der Waals surface area (Å²) in [6, 6.07) is 0.755. The van der Waals surface area contributed by atoms with Crippen molar-refractivity contribution < 1.29 is 0 Å². The topological polar surface area (TPSA) is 27.3 Å². The van der Waals surface area contributed by atoms with Crippen molar-refractivity contribution in [3.63, 3.8) is 0 Å². The van der Waals surface area contributed by atoms with Gasteiger partial charge in [-0.05, 0) is 72.0 Å². The molecule has 2 N–H and O–H groups in total. The maximum absolute atomic E-state index is 3.80. The molecule has 3 heteroatoms. The lowest BCUT2D eigenvalue weighted by molar-refractivity contribution is 0.0950. The highest BCUT2D eigenvalue weighted by Crippen LogP contribution is 2.20. The summed E-state index contributed by atoms with van der Waals surface area (Å²) in [5.41, 5.74) is 0.345. The third kappa shape index (κ3) is 4.22. The average molecular weight is 253 g/mol. The first-order chi connectivity index (χ1) is 8.55. The van der Waals surface area contributed by atoms with E-state index < -0.39 is 0 Å². The summed E-state index contributed by atoms with van der Waals surface area (Å²) in [4.78, 5) is 2.62. The van der Waals surface area contributed by atoms with E-state index >= 15 is 0 Å². The van der Waals surface area contributed by atoms with Gasteiger partial charge in [0.15, 0.2) is 0 Å². The second-order valence-corrected chi connectivity index (χ2v) is 7.05. The zero-order valence-corrected chi connectivity index (χ0v) is 12.5. The molecule has 0 spiro atoms. The number of likely N-dealkylation sites (tertiary alicyclic amines) is 1. The zero-order chi connectivity index (χ0) is 13.0. The fourth-order valence-corrected chi connectivity index (χ4v) is 3.19. The van der Waals surface area contributed by atoms with Crippen molar-refractivity contribution >= 4 is 0 Å². The molecule has 0 aromatic heterocycles. The van der Waals surface area contributed by atoms with E-state index in [4.69, 9.17) is 0 Å². The molecule has 0 bridgehead atoms. The van der Waals surface area contributed by atoms with Gasteiger partial charge in [-0.25, -0.2) is 0 Å². The summed E-state index contributed by atoms with van der Waals surface area (Å²) < 4.78 is 0. The number of nitrogens with zero attached hydrogens (tertiary/aromatic N) is 1. The van der Waals surface area contributed by atoms with Gasteiger partial charge in [-0.15, -0.1) is 0 Å². The van der Waals surface area contributed by atoms with Crippen LogP contribution in [0.15, 0.2) is 0 Å². The molecule has 0 aliphatic carbocycles. The summed E-state index contributed by atoms with van der Waals surface area (Å²) in [5.74, 6) is 0.861. The van der Waals surface area contributed by atoms with Crippen LogP contribution in [0.1, 0.15) is 46.5 Å². The Hall–Kier alpha value is -0.120. The second kappa shape index (κ2) is 6.36. The van der Waals surface area contributed by atoms with Crippen LogP contribution in [0.4, 0.5) is 0 Å². The number of nitrogens with one attached hydrogen (secondary N) is 2. The molecule has 0 saturated carbocycles. The maximum Gasteiger partial charge on any atom is 0.0125 e. The van der Waals surface area contributed by atoms with Crippen LogP contribution in [0.2, 0.25) is 0 Å².